The smallest absolute Gasteiger partial charge is 0.328 e. The minimum atomic E-state index is -0.986. The van der Waals surface area contributed by atoms with Gasteiger partial charge in [0.25, 0.3) is 0 Å². The van der Waals surface area contributed by atoms with Gasteiger partial charge in [-0.25, -0.2) is 9.78 Å². The molecule has 8 heteroatoms. The van der Waals surface area contributed by atoms with Crippen LogP contribution >= 0.6 is 11.3 Å². The highest BCUT2D eigenvalue weighted by Gasteiger charge is 2.07. The molecule has 0 aliphatic rings. The quantitative estimate of drug-likeness (QED) is 0.325. The minimum absolute atomic E-state index is 0.140. The van der Waals surface area contributed by atoms with Gasteiger partial charge in [0.15, 0.2) is 0 Å². The molecule has 2 rings (SSSR count). The summed E-state index contributed by atoms with van der Waals surface area (Å²) in [6.07, 6.45) is 4.36. The van der Waals surface area contributed by atoms with Gasteiger partial charge in [0.05, 0.1) is 24.9 Å². The molecule has 0 fully saturated rings. The molecule has 0 aliphatic carbocycles. The molecule has 0 radical (unpaired) electrons. The molecule has 0 bridgehead atoms. The number of carboxylic acids is 1. The predicted molar refractivity (Wildman–Crippen MR) is 96.8 cm³/mol. The number of aromatic nitrogens is 1. The molecule has 0 saturated heterocycles. The standard InChI is InChI=1S/C17H17N3O4S/c1-2-24-16(23)9-14-11-25-17(19-14)20-18-10-13-5-3-12(4-6-13)7-8-15(21)22/h3-8,10-11H,2,9H2,1H3,(H,19,20)(H,21,22). The Hall–Kier alpha value is -3.00. The Labute approximate surface area is 148 Å². The van der Waals surface area contributed by atoms with Crippen molar-refractivity contribution >= 4 is 40.7 Å². The van der Waals surface area contributed by atoms with E-state index in [-0.39, 0.29) is 12.4 Å². The number of carbonyl (C=O) groups excluding carboxylic acids is 1. The van der Waals surface area contributed by atoms with Crippen molar-refractivity contribution < 1.29 is 19.4 Å². The van der Waals surface area contributed by atoms with E-state index in [1.54, 1.807) is 30.7 Å². The Morgan fingerprint density at radius 1 is 1.32 bits per heavy atom. The summed E-state index contributed by atoms with van der Waals surface area (Å²) in [5.74, 6) is -1.29. The molecule has 2 aromatic rings. The largest absolute Gasteiger partial charge is 0.478 e. The third-order valence-corrected chi connectivity index (χ3v) is 3.71. The first-order valence-corrected chi connectivity index (χ1v) is 8.35. The van der Waals surface area contributed by atoms with Gasteiger partial charge in [0.1, 0.15) is 0 Å². The summed E-state index contributed by atoms with van der Waals surface area (Å²) in [5, 5.41) is 15.0. The second-order valence-corrected chi connectivity index (χ2v) is 5.69. The normalized spacial score (nSPS) is 11.1. The average Bonchev–Trinajstić information content (AvgIpc) is 3.01. The number of nitrogens with one attached hydrogen (secondary N) is 1. The lowest BCUT2D eigenvalue weighted by Gasteiger charge is -1.98. The molecular formula is C17H17N3O4S. The van der Waals surface area contributed by atoms with E-state index in [2.05, 4.69) is 15.5 Å². The van der Waals surface area contributed by atoms with Crippen LogP contribution in [-0.4, -0.2) is 34.9 Å². The second kappa shape index (κ2) is 9.33. The molecular weight excluding hydrogens is 342 g/mol. The van der Waals surface area contributed by atoms with Crippen molar-refractivity contribution in [1.82, 2.24) is 4.98 Å². The number of aliphatic carboxylic acids is 1. The van der Waals surface area contributed by atoms with Gasteiger partial charge in [-0.2, -0.15) is 5.10 Å². The summed E-state index contributed by atoms with van der Waals surface area (Å²) in [5.41, 5.74) is 5.08. The third-order valence-electron chi connectivity index (χ3n) is 2.91. The molecule has 1 heterocycles. The molecule has 0 unspecified atom stereocenters. The van der Waals surface area contributed by atoms with Crippen LogP contribution < -0.4 is 5.43 Å². The Morgan fingerprint density at radius 3 is 2.72 bits per heavy atom. The lowest BCUT2D eigenvalue weighted by molar-refractivity contribution is -0.142. The van der Waals surface area contributed by atoms with Gasteiger partial charge in [-0.05, 0) is 24.1 Å². The Balaban J connectivity index is 1.87. The first-order valence-electron chi connectivity index (χ1n) is 7.47. The summed E-state index contributed by atoms with van der Waals surface area (Å²) >= 11 is 1.35. The molecule has 1 aromatic heterocycles. The number of anilines is 1. The van der Waals surface area contributed by atoms with Crippen LogP contribution in [0.25, 0.3) is 6.08 Å². The lowest BCUT2D eigenvalue weighted by Crippen LogP contribution is -2.07. The maximum atomic E-state index is 11.4. The van der Waals surface area contributed by atoms with Crippen molar-refractivity contribution in [3.05, 3.63) is 52.5 Å². The predicted octanol–water partition coefficient (Wildman–Crippen LogP) is 2.79. The zero-order valence-electron chi connectivity index (χ0n) is 13.5. The Bertz CT molecular complexity index is 781. The van der Waals surface area contributed by atoms with Gasteiger partial charge in [-0.3, -0.25) is 10.2 Å². The van der Waals surface area contributed by atoms with E-state index in [1.165, 1.54) is 17.4 Å². The van der Waals surface area contributed by atoms with Crippen molar-refractivity contribution in [2.24, 2.45) is 5.10 Å². The Morgan fingerprint density at radius 2 is 2.04 bits per heavy atom. The van der Waals surface area contributed by atoms with E-state index in [1.807, 2.05) is 12.1 Å². The summed E-state index contributed by atoms with van der Waals surface area (Å²) in [6, 6.07) is 7.23. The van der Waals surface area contributed by atoms with E-state index in [4.69, 9.17) is 9.84 Å². The van der Waals surface area contributed by atoms with Crippen LogP contribution in [0.3, 0.4) is 0 Å². The number of hydrogen-bond acceptors (Lipinski definition) is 7. The fourth-order valence-corrected chi connectivity index (χ4v) is 2.48. The van der Waals surface area contributed by atoms with Crippen molar-refractivity contribution in [2.45, 2.75) is 13.3 Å². The van der Waals surface area contributed by atoms with Crippen LogP contribution in [0.1, 0.15) is 23.7 Å². The van der Waals surface area contributed by atoms with Crippen molar-refractivity contribution in [3.63, 3.8) is 0 Å². The van der Waals surface area contributed by atoms with E-state index in [0.717, 1.165) is 17.2 Å². The molecule has 130 valence electrons. The highest BCUT2D eigenvalue weighted by atomic mass is 32.1. The molecule has 7 nitrogen and oxygen atoms in total. The number of carbonyl (C=O) groups is 2. The van der Waals surface area contributed by atoms with E-state index >= 15 is 0 Å². The monoisotopic (exact) mass is 359 g/mol. The van der Waals surface area contributed by atoms with Crippen molar-refractivity contribution in [3.8, 4) is 0 Å². The number of thiazole rings is 1. The van der Waals surface area contributed by atoms with Crippen LogP contribution in [0, 0.1) is 0 Å². The van der Waals surface area contributed by atoms with Gasteiger partial charge in [0, 0.05) is 11.5 Å². The number of hydrogen-bond donors (Lipinski definition) is 2. The summed E-state index contributed by atoms with van der Waals surface area (Å²) < 4.78 is 4.87. The van der Waals surface area contributed by atoms with Gasteiger partial charge < -0.3 is 9.84 Å². The first kappa shape index (κ1) is 18.3. The van der Waals surface area contributed by atoms with Crippen LogP contribution in [0.5, 0.6) is 0 Å². The zero-order chi connectivity index (χ0) is 18.1. The zero-order valence-corrected chi connectivity index (χ0v) is 14.3. The molecule has 2 N–H and O–H groups in total. The summed E-state index contributed by atoms with van der Waals surface area (Å²) in [6.45, 7) is 2.11. The number of carboxylic acid groups (broad SMARTS) is 1. The van der Waals surface area contributed by atoms with Crippen LogP contribution in [0.15, 0.2) is 40.8 Å². The van der Waals surface area contributed by atoms with Gasteiger partial charge >= 0.3 is 11.9 Å². The van der Waals surface area contributed by atoms with E-state index < -0.39 is 5.97 Å². The van der Waals surface area contributed by atoms with Gasteiger partial charge in [0.2, 0.25) is 5.13 Å². The van der Waals surface area contributed by atoms with Crippen LogP contribution in [0.2, 0.25) is 0 Å². The van der Waals surface area contributed by atoms with Crippen LogP contribution in [0.4, 0.5) is 5.13 Å². The highest BCUT2D eigenvalue weighted by Crippen LogP contribution is 2.16. The second-order valence-electron chi connectivity index (χ2n) is 4.83. The van der Waals surface area contributed by atoms with Crippen molar-refractivity contribution in [2.75, 3.05) is 12.0 Å². The average molecular weight is 359 g/mol. The SMILES string of the molecule is CCOC(=O)Cc1csc(NN=Cc2ccc(C=CC(=O)O)cc2)n1. The molecule has 25 heavy (non-hydrogen) atoms. The van der Waals surface area contributed by atoms with Crippen LogP contribution in [-0.2, 0) is 20.7 Å². The van der Waals surface area contributed by atoms with E-state index in [0.29, 0.717) is 17.4 Å². The lowest BCUT2D eigenvalue weighted by atomic mass is 10.1. The molecule has 0 spiro atoms. The Kier molecular flexibility index (Phi) is 6.85. The summed E-state index contributed by atoms with van der Waals surface area (Å²) in [4.78, 5) is 26.1. The molecule has 0 aliphatic heterocycles. The summed E-state index contributed by atoms with van der Waals surface area (Å²) in [7, 11) is 0. The fraction of sp³-hybridized carbons (Fsp3) is 0.176. The maximum Gasteiger partial charge on any atom is 0.328 e. The van der Waals surface area contributed by atoms with Gasteiger partial charge in [-0.1, -0.05) is 24.3 Å². The first-order chi connectivity index (χ1) is 12.1. The molecule has 0 atom stereocenters. The third kappa shape index (κ3) is 6.56. The highest BCUT2D eigenvalue weighted by molar-refractivity contribution is 7.13. The number of nitrogens with zero attached hydrogens (tertiary/aromatic N) is 2. The number of esters is 1. The molecule has 1 aromatic carbocycles. The molecule has 0 saturated carbocycles. The van der Waals surface area contributed by atoms with Gasteiger partial charge in [-0.15, -0.1) is 11.3 Å². The number of benzene rings is 1. The number of hydrazone groups is 1. The number of rotatable bonds is 8. The topological polar surface area (TPSA) is 101 Å². The molecule has 0 amide bonds. The van der Waals surface area contributed by atoms with Crippen molar-refractivity contribution in [1.29, 1.82) is 0 Å². The minimum Gasteiger partial charge on any atom is -0.478 e. The fourth-order valence-electron chi connectivity index (χ4n) is 1.82. The number of ether oxygens (including phenoxy) is 1. The van der Waals surface area contributed by atoms with E-state index in [9.17, 15) is 9.59 Å². The maximum absolute atomic E-state index is 11.4.